The number of anilines is 2. The number of nitrogens with one attached hydrogen (secondary N) is 1. The molecule has 7 heterocycles. The van der Waals surface area contributed by atoms with Crippen molar-refractivity contribution in [3.8, 4) is 17.1 Å². The summed E-state index contributed by atoms with van der Waals surface area (Å²) in [6.07, 6.45) is 2.92. The molecule has 15 heteroatoms. The molecule has 2 aromatic carbocycles. The number of ether oxygens (including phenoxy) is 1. The van der Waals surface area contributed by atoms with Crippen LogP contribution in [0.5, 0.6) is 6.01 Å². The summed E-state index contributed by atoms with van der Waals surface area (Å²) in [6.45, 7) is 3.09. The Morgan fingerprint density at radius 2 is 1.94 bits per heavy atom. The molecular weight excluding hydrogens is 653 g/mol. The number of alkyl halides is 1. The molecule has 0 saturated carbocycles. The molecule has 0 aliphatic carbocycles. The van der Waals surface area contributed by atoms with E-state index in [0.29, 0.717) is 49.4 Å². The Morgan fingerprint density at radius 1 is 1.15 bits per heavy atom. The van der Waals surface area contributed by atoms with E-state index in [-0.39, 0.29) is 68.1 Å². The van der Waals surface area contributed by atoms with E-state index in [9.17, 15) is 13.6 Å². The normalized spacial score (nSPS) is 28.5. The minimum atomic E-state index is -0.929. The maximum absolute atomic E-state index is 16.9. The van der Waals surface area contributed by atoms with Crippen molar-refractivity contribution in [3.05, 3.63) is 34.9 Å². The van der Waals surface area contributed by atoms with Crippen molar-refractivity contribution >= 4 is 60.9 Å². The van der Waals surface area contributed by atoms with Crippen LogP contribution in [0.3, 0.4) is 0 Å². The third-order valence-electron chi connectivity index (χ3n) is 10.6. The molecule has 0 spiro atoms. The van der Waals surface area contributed by atoms with Crippen LogP contribution in [0.1, 0.15) is 32.1 Å². The fourth-order valence-corrected chi connectivity index (χ4v) is 9.46. The van der Waals surface area contributed by atoms with Gasteiger partial charge in [-0.3, -0.25) is 9.69 Å². The Balaban J connectivity index is 1.15. The number of benzene rings is 2. The van der Waals surface area contributed by atoms with Gasteiger partial charge in [-0.05, 0) is 50.4 Å². The van der Waals surface area contributed by atoms with Crippen molar-refractivity contribution in [1.29, 1.82) is 0 Å². The smallest absolute Gasteiger partial charge is 0.319 e. The molecule has 5 atom stereocenters. The molecular formula is C32H32ClF3N8O2S. The zero-order chi connectivity index (χ0) is 32.2. The SMILES string of the molecule is Nc1nc2c(-c3c(Cl)cc4c(N5CC6CCC(C5)N6C(=O)[C@@H]5CN5)nc(OCC56CCCN5C[C@H](F)C6)nc4c3F)ccc(F)c2s1. The molecule has 1 amide bonds. The van der Waals surface area contributed by atoms with Gasteiger partial charge in [0, 0.05) is 61.2 Å². The van der Waals surface area contributed by atoms with Gasteiger partial charge in [0.25, 0.3) is 0 Å². The molecule has 4 aromatic rings. The number of nitrogens with two attached hydrogens (primary N) is 1. The van der Waals surface area contributed by atoms with Gasteiger partial charge in [-0.2, -0.15) is 9.97 Å². The number of amides is 1. The van der Waals surface area contributed by atoms with Crippen LogP contribution < -0.4 is 20.7 Å². The zero-order valence-corrected chi connectivity index (χ0v) is 26.9. The largest absolute Gasteiger partial charge is 0.461 e. The predicted octanol–water partition coefficient (Wildman–Crippen LogP) is 4.53. The van der Waals surface area contributed by atoms with Gasteiger partial charge in [0.1, 0.15) is 29.9 Å². The predicted molar refractivity (Wildman–Crippen MR) is 174 cm³/mol. The number of carbonyl (C=O) groups excluding carboxylic acids is 1. The molecule has 0 radical (unpaired) electrons. The van der Waals surface area contributed by atoms with Crippen LogP contribution in [0.4, 0.5) is 24.1 Å². The number of piperazine rings is 1. The number of nitrogens with zero attached hydrogens (tertiary/aromatic N) is 6. The van der Waals surface area contributed by atoms with Gasteiger partial charge in [-0.25, -0.2) is 18.2 Å². The summed E-state index contributed by atoms with van der Waals surface area (Å²) in [6, 6.07) is 4.17. The summed E-state index contributed by atoms with van der Waals surface area (Å²) in [7, 11) is 0. The number of carbonyl (C=O) groups is 1. The molecule has 9 rings (SSSR count). The van der Waals surface area contributed by atoms with E-state index < -0.39 is 23.3 Å². The number of hydrogen-bond acceptors (Lipinski definition) is 10. The maximum Gasteiger partial charge on any atom is 0.319 e. The van der Waals surface area contributed by atoms with Gasteiger partial charge in [-0.15, -0.1) is 0 Å². The van der Waals surface area contributed by atoms with E-state index >= 15 is 4.39 Å². The van der Waals surface area contributed by atoms with Crippen LogP contribution in [-0.2, 0) is 4.79 Å². The molecule has 47 heavy (non-hydrogen) atoms. The fraction of sp³-hybridized carbons (Fsp3) is 0.500. The quantitative estimate of drug-likeness (QED) is 0.282. The Hall–Kier alpha value is -3.46. The van der Waals surface area contributed by atoms with Crippen LogP contribution >= 0.6 is 22.9 Å². The third-order valence-corrected chi connectivity index (χ3v) is 11.8. The van der Waals surface area contributed by atoms with Crippen molar-refractivity contribution in [3.63, 3.8) is 0 Å². The van der Waals surface area contributed by atoms with Crippen molar-refractivity contribution in [2.24, 2.45) is 0 Å². The monoisotopic (exact) mass is 684 g/mol. The Labute approximate surface area is 277 Å². The standard InChI is InChI=1S/C32H32ClF3N8O2S/c33-20-8-19-25(24(36)23(20)18-4-5-21(35)27-26(18)39-30(37)47-27)40-31(46-14-32-6-1-7-43(32)11-15(34)9-32)41-28(19)42-12-16-2-3-17(13-42)44(16)29(45)22-10-38-22/h4-5,8,15-17,22,38H,1-3,6-7,9-14H2,(H2,37,39)/t15-,16?,17?,22+,32?/m1/s1. The first kappa shape index (κ1) is 29.7. The van der Waals surface area contributed by atoms with Gasteiger partial charge in [0.2, 0.25) is 5.91 Å². The van der Waals surface area contributed by atoms with Crippen LogP contribution in [0.25, 0.3) is 32.2 Å². The number of thiazole rings is 1. The first-order valence-electron chi connectivity index (χ1n) is 16.1. The number of rotatable bonds is 6. The highest BCUT2D eigenvalue weighted by atomic mass is 35.5. The summed E-state index contributed by atoms with van der Waals surface area (Å²) in [5, 5.41) is 3.75. The van der Waals surface area contributed by atoms with E-state index in [4.69, 9.17) is 27.1 Å². The van der Waals surface area contributed by atoms with Gasteiger partial charge in [0.05, 0.1) is 26.8 Å². The number of halogens is 4. The van der Waals surface area contributed by atoms with Crippen molar-refractivity contribution in [1.82, 2.24) is 30.1 Å². The number of hydrogen-bond donors (Lipinski definition) is 2. The average Bonchev–Trinajstić information content (AvgIpc) is 3.49. The lowest BCUT2D eigenvalue weighted by Crippen LogP contribution is -2.57. The van der Waals surface area contributed by atoms with E-state index in [1.54, 1.807) is 6.07 Å². The highest BCUT2D eigenvalue weighted by molar-refractivity contribution is 7.22. The third kappa shape index (κ3) is 4.73. The van der Waals surface area contributed by atoms with Crippen LogP contribution in [0.2, 0.25) is 5.02 Å². The summed E-state index contributed by atoms with van der Waals surface area (Å²) < 4.78 is 52.6. The summed E-state index contributed by atoms with van der Waals surface area (Å²) in [5.74, 6) is -0.641. The highest BCUT2D eigenvalue weighted by Crippen LogP contribution is 2.45. The van der Waals surface area contributed by atoms with Crippen molar-refractivity contribution in [2.45, 2.75) is 61.9 Å². The molecule has 246 valence electrons. The summed E-state index contributed by atoms with van der Waals surface area (Å²) in [5.41, 5.74) is 5.99. The first-order valence-corrected chi connectivity index (χ1v) is 17.3. The van der Waals surface area contributed by atoms with E-state index in [1.807, 2.05) is 4.90 Å². The van der Waals surface area contributed by atoms with E-state index in [2.05, 4.69) is 25.1 Å². The van der Waals surface area contributed by atoms with E-state index in [0.717, 1.165) is 43.6 Å². The lowest BCUT2D eigenvalue weighted by molar-refractivity contribution is -0.133. The number of fused-ring (bicyclic) bond motifs is 5. The minimum absolute atomic E-state index is 0.00585. The van der Waals surface area contributed by atoms with Crippen LogP contribution in [0.15, 0.2) is 18.2 Å². The van der Waals surface area contributed by atoms with E-state index in [1.165, 1.54) is 12.1 Å². The molecule has 10 nitrogen and oxygen atoms in total. The number of aromatic nitrogens is 3. The summed E-state index contributed by atoms with van der Waals surface area (Å²) >= 11 is 7.82. The second-order valence-electron chi connectivity index (χ2n) is 13.5. The van der Waals surface area contributed by atoms with Crippen LogP contribution in [0, 0.1) is 11.6 Å². The maximum atomic E-state index is 16.9. The molecule has 5 aliphatic heterocycles. The molecule has 2 bridgehead atoms. The van der Waals surface area contributed by atoms with Gasteiger partial charge < -0.3 is 25.6 Å². The zero-order valence-electron chi connectivity index (χ0n) is 25.3. The minimum Gasteiger partial charge on any atom is -0.461 e. The Bertz CT molecular complexity index is 1950. The molecule has 5 fully saturated rings. The van der Waals surface area contributed by atoms with Crippen molar-refractivity contribution < 1.29 is 22.7 Å². The summed E-state index contributed by atoms with van der Waals surface area (Å²) in [4.78, 5) is 33.0. The fourth-order valence-electron chi connectivity index (χ4n) is 8.40. The highest BCUT2D eigenvalue weighted by Gasteiger charge is 2.50. The second kappa shape index (κ2) is 10.8. The molecule has 3 N–H and O–H groups in total. The van der Waals surface area contributed by atoms with Gasteiger partial charge in [0.15, 0.2) is 10.9 Å². The second-order valence-corrected chi connectivity index (χ2v) is 14.9. The van der Waals surface area contributed by atoms with Crippen molar-refractivity contribution in [2.75, 3.05) is 50.0 Å². The van der Waals surface area contributed by atoms with Crippen LogP contribution in [-0.4, -0.2) is 99.8 Å². The molecule has 5 saturated heterocycles. The molecule has 2 aromatic heterocycles. The van der Waals surface area contributed by atoms with Gasteiger partial charge >= 0.3 is 6.01 Å². The lowest BCUT2D eigenvalue weighted by atomic mass is 9.95. The first-order chi connectivity index (χ1) is 22.7. The Kier molecular flexibility index (Phi) is 6.80. The Morgan fingerprint density at radius 3 is 2.70 bits per heavy atom. The lowest BCUT2D eigenvalue weighted by Gasteiger charge is -2.42. The molecule has 5 aliphatic rings. The van der Waals surface area contributed by atoms with Gasteiger partial charge in [-0.1, -0.05) is 22.9 Å². The topological polar surface area (TPSA) is 123 Å². The number of nitrogen functional groups attached to an aromatic ring is 1. The average molecular weight is 685 g/mol. The molecule has 3 unspecified atom stereocenters.